The Bertz CT molecular complexity index is 277. The number of nitrogens with two attached hydrogens (primary N) is 1. The largest absolute Gasteiger partial charge is 0.375 e. The van der Waals surface area contributed by atoms with E-state index >= 15 is 0 Å². The minimum atomic E-state index is 0.280. The van der Waals surface area contributed by atoms with E-state index in [0.717, 1.165) is 12.6 Å². The van der Waals surface area contributed by atoms with Crippen LogP contribution in [0.25, 0.3) is 0 Å². The first kappa shape index (κ1) is 11.9. The van der Waals surface area contributed by atoms with Crippen molar-refractivity contribution in [1.29, 1.82) is 0 Å². The Kier molecular flexibility index (Phi) is 3.18. The number of rotatable bonds is 1. The molecule has 2 aliphatic heterocycles. The van der Waals surface area contributed by atoms with Crippen LogP contribution in [0.3, 0.4) is 0 Å². The average Bonchev–Trinajstić information content (AvgIpc) is 2.27. The van der Waals surface area contributed by atoms with Gasteiger partial charge in [-0.1, -0.05) is 0 Å². The Morgan fingerprint density at radius 1 is 1.29 bits per heavy atom. The Morgan fingerprint density at radius 2 is 2.12 bits per heavy atom. The molecule has 1 saturated carbocycles. The zero-order valence-electron chi connectivity index (χ0n) is 11.0. The second kappa shape index (κ2) is 4.52. The first-order valence-electron chi connectivity index (χ1n) is 7.34. The molecule has 3 atom stereocenters. The van der Waals surface area contributed by atoms with Gasteiger partial charge in [-0.3, -0.25) is 4.90 Å². The second-order valence-corrected chi connectivity index (χ2v) is 6.40. The van der Waals surface area contributed by atoms with E-state index in [4.69, 9.17) is 10.5 Å². The fraction of sp³-hybridized carbons (Fsp3) is 1.00. The molecule has 2 saturated heterocycles. The van der Waals surface area contributed by atoms with Crippen LogP contribution in [0, 0.1) is 0 Å². The van der Waals surface area contributed by atoms with Crippen molar-refractivity contribution in [3.63, 3.8) is 0 Å². The van der Waals surface area contributed by atoms with Crippen LogP contribution >= 0.6 is 0 Å². The first-order chi connectivity index (χ1) is 8.19. The van der Waals surface area contributed by atoms with Crippen LogP contribution in [0.5, 0.6) is 0 Å². The maximum absolute atomic E-state index is 6.06. The van der Waals surface area contributed by atoms with Gasteiger partial charge in [-0.05, 0) is 51.9 Å². The van der Waals surface area contributed by atoms with E-state index in [1.54, 1.807) is 0 Å². The van der Waals surface area contributed by atoms with Crippen molar-refractivity contribution in [3.8, 4) is 0 Å². The van der Waals surface area contributed by atoms with Crippen molar-refractivity contribution in [3.05, 3.63) is 0 Å². The van der Waals surface area contributed by atoms with E-state index in [2.05, 4.69) is 11.8 Å². The molecule has 2 N–H and O–H groups in total. The summed E-state index contributed by atoms with van der Waals surface area (Å²) < 4.78 is 6.03. The maximum atomic E-state index is 6.06. The minimum absolute atomic E-state index is 0.280. The molecule has 3 unspecified atom stereocenters. The summed E-state index contributed by atoms with van der Waals surface area (Å²) in [6.07, 6.45) is 8.80. The third kappa shape index (κ3) is 2.25. The number of hydrogen-bond acceptors (Lipinski definition) is 3. The van der Waals surface area contributed by atoms with Gasteiger partial charge in [-0.25, -0.2) is 0 Å². The lowest BCUT2D eigenvalue weighted by molar-refractivity contribution is -0.153. The molecule has 0 amide bonds. The Hall–Kier alpha value is -0.120. The van der Waals surface area contributed by atoms with Crippen molar-refractivity contribution in [1.82, 2.24) is 4.90 Å². The predicted octanol–water partition coefficient (Wildman–Crippen LogP) is 1.90. The predicted molar refractivity (Wildman–Crippen MR) is 68.9 cm³/mol. The van der Waals surface area contributed by atoms with Gasteiger partial charge in [0.1, 0.15) is 0 Å². The van der Waals surface area contributed by atoms with Gasteiger partial charge >= 0.3 is 0 Å². The summed E-state index contributed by atoms with van der Waals surface area (Å²) in [6.45, 7) is 4.52. The molecular formula is C14H26N2O. The van der Waals surface area contributed by atoms with Crippen LogP contribution < -0.4 is 5.73 Å². The van der Waals surface area contributed by atoms with Crippen molar-refractivity contribution >= 4 is 0 Å². The van der Waals surface area contributed by atoms with Crippen LogP contribution in [0.2, 0.25) is 0 Å². The van der Waals surface area contributed by atoms with Crippen molar-refractivity contribution < 1.29 is 4.74 Å². The van der Waals surface area contributed by atoms with Crippen LogP contribution in [0.1, 0.15) is 51.9 Å². The van der Waals surface area contributed by atoms with E-state index in [0.29, 0.717) is 12.1 Å². The lowest BCUT2D eigenvalue weighted by atomic mass is 9.73. The Balaban J connectivity index is 1.63. The molecule has 0 aromatic heterocycles. The first-order valence-corrected chi connectivity index (χ1v) is 7.34. The van der Waals surface area contributed by atoms with E-state index in [9.17, 15) is 0 Å². The average molecular weight is 238 g/mol. The highest BCUT2D eigenvalue weighted by molar-refractivity contribution is 4.98. The van der Waals surface area contributed by atoms with Crippen molar-refractivity contribution in [2.75, 3.05) is 13.2 Å². The van der Waals surface area contributed by atoms with E-state index in [1.807, 2.05) is 0 Å². The Morgan fingerprint density at radius 3 is 2.76 bits per heavy atom. The Labute approximate surface area is 105 Å². The van der Waals surface area contributed by atoms with E-state index in [-0.39, 0.29) is 5.60 Å². The van der Waals surface area contributed by atoms with Crippen molar-refractivity contribution in [2.45, 2.75) is 75.6 Å². The SMILES string of the molecule is CC1CC(N)CCN1C1CCOC2(CCC2)C1. The normalized spacial score (nSPS) is 42.4. The van der Waals surface area contributed by atoms with Gasteiger partial charge in [0.15, 0.2) is 0 Å². The van der Waals surface area contributed by atoms with Crippen LogP contribution in [-0.4, -0.2) is 41.8 Å². The summed E-state index contributed by atoms with van der Waals surface area (Å²) in [5.74, 6) is 0. The topological polar surface area (TPSA) is 38.5 Å². The van der Waals surface area contributed by atoms with Gasteiger partial charge in [-0.2, -0.15) is 0 Å². The molecular weight excluding hydrogens is 212 g/mol. The standard InChI is InChI=1S/C14H26N2O/c1-11-9-12(15)3-7-16(11)13-4-8-17-14(10-13)5-2-6-14/h11-13H,2-10,15H2,1H3. The number of hydrogen-bond donors (Lipinski definition) is 1. The third-order valence-corrected chi connectivity index (χ3v) is 5.17. The highest BCUT2D eigenvalue weighted by Crippen LogP contribution is 2.44. The highest BCUT2D eigenvalue weighted by Gasteiger charge is 2.44. The van der Waals surface area contributed by atoms with Crippen molar-refractivity contribution in [2.24, 2.45) is 5.73 Å². The lowest BCUT2D eigenvalue weighted by Gasteiger charge is -2.51. The molecule has 0 aromatic rings. The van der Waals surface area contributed by atoms with E-state index < -0.39 is 0 Å². The molecule has 98 valence electrons. The number of nitrogens with zero attached hydrogens (tertiary/aromatic N) is 1. The molecule has 3 rings (SSSR count). The molecule has 1 aliphatic carbocycles. The third-order valence-electron chi connectivity index (χ3n) is 5.17. The fourth-order valence-corrected chi connectivity index (χ4v) is 3.97. The molecule has 3 nitrogen and oxygen atoms in total. The summed E-state index contributed by atoms with van der Waals surface area (Å²) in [4.78, 5) is 2.71. The minimum Gasteiger partial charge on any atom is -0.375 e. The number of piperidine rings is 1. The van der Waals surface area contributed by atoms with Gasteiger partial charge in [0.05, 0.1) is 5.60 Å². The molecule has 3 heteroatoms. The molecule has 17 heavy (non-hydrogen) atoms. The van der Waals surface area contributed by atoms with Crippen LogP contribution in [-0.2, 0) is 4.74 Å². The molecule has 1 spiro atoms. The summed E-state index contributed by atoms with van der Waals surface area (Å²) >= 11 is 0. The zero-order valence-corrected chi connectivity index (χ0v) is 11.0. The summed E-state index contributed by atoms with van der Waals surface area (Å²) in [7, 11) is 0. The maximum Gasteiger partial charge on any atom is 0.0697 e. The van der Waals surface area contributed by atoms with E-state index in [1.165, 1.54) is 51.5 Å². The molecule has 0 bridgehead atoms. The monoisotopic (exact) mass is 238 g/mol. The molecule has 0 radical (unpaired) electrons. The smallest absolute Gasteiger partial charge is 0.0697 e. The van der Waals surface area contributed by atoms with Gasteiger partial charge < -0.3 is 10.5 Å². The second-order valence-electron chi connectivity index (χ2n) is 6.40. The van der Waals surface area contributed by atoms with Gasteiger partial charge in [0.2, 0.25) is 0 Å². The molecule has 3 fully saturated rings. The highest BCUT2D eigenvalue weighted by atomic mass is 16.5. The summed E-state index contributed by atoms with van der Waals surface area (Å²) in [6, 6.07) is 1.85. The van der Waals surface area contributed by atoms with Gasteiger partial charge in [0.25, 0.3) is 0 Å². The fourth-order valence-electron chi connectivity index (χ4n) is 3.97. The lowest BCUT2D eigenvalue weighted by Crippen LogP contribution is -2.56. The molecule has 2 heterocycles. The molecule has 0 aromatic carbocycles. The summed E-state index contributed by atoms with van der Waals surface area (Å²) in [5, 5.41) is 0. The number of ether oxygens (including phenoxy) is 1. The number of likely N-dealkylation sites (tertiary alicyclic amines) is 1. The zero-order chi connectivity index (χ0) is 11.9. The van der Waals surface area contributed by atoms with Crippen LogP contribution in [0.4, 0.5) is 0 Å². The van der Waals surface area contributed by atoms with Crippen LogP contribution in [0.15, 0.2) is 0 Å². The summed E-state index contributed by atoms with van der Waals surface area (Å²) in [5.41, 5.74) is 6.34. The van der Waals surface area contributed by atoms with Gasteiger partial charge in [0, 0.05) is 31.3 Å². The molecule has 3 aliphatic rings. The quantitative estimate of drug-likeness (QED) is 0.758. The van der Waals surface area contributed by atoms with Gasteiger partial charge in [-0.15, -0.1) is 0 Å².